The Morgan fingerprint density at radius 3 is 2.16 bits per heavy atom. The molecule has 3 rings (SSSR count). The molecule has 2 unspecified atom stereocenters. The van der Waals surface area contributed by atoms with Crippen LogP contribution in [0.15, 0.2) is 47.4 Å². The Bertz CT molecular complexity index is 1080. The Morgan fingerprint density at radius 2 is 1.65 bits per heavy atom. The second-order valence-electron chi connectivity index (χ2n) is 7.91. The fourth-order valence-electron chi connectivity index (χ4n) is 4.21. The van der Waals surface area contributed by atoms with E-state index in [0.29, 0.717) is 11.1 Å². The molecule has 0 saturated carbocycles. The van der Waals surface area contributed by atoms with Gasteiger partial charge >= 0.3 is 5.97 Å². The van der Waals surface area contributed by atoms with Crippen LogP contribution in [0.25, 0.3) is 0 Å². The van der Waals surface area contributed by atoms with E-state index in [1.807, 2.05) is 6.92 Å². The Hall–Kier alpha value is -2.91. The van der Waals surface area contributed by atoms with Crippen LogP contribution in [0.3, 0.4) is 0 Å². The normalized spacial score (nSPS) is 16.5. The summed E-state index contributed by atoms with van der Waals surface area (Å²) in [5.41, 5.74) is 7.93. The van der Waals surface area contributed by atoms with Crippen molar-refractivity contribution in [2.45, 2.75) is 42.9 Å². The Morgan fingerprint density at radius 1 is 1.03 bits per heavy atom. The van der Waals surface area contributed by atoms with Crippen LogP contribution in [0, 0.1) is 0 Å². The minimum Gasteiger partial charge on any atom is -0.478 e. The van der Waals surface area contributed by atoms with E-state index in [0.717, 1.165) is 38.0 Å². The number of piperidine rings is 1. The number of hydrogen-bond acceptors (Lipinski definition) is 5. The Kier molecular flexibility index (Phi) is 6.66. The third-order valence-electron chi connectivity index (χ3n) is 5.84. The maximum atomic E-state index is 12.5. The fraction of sp³-hybridized carbons (Fsp3) is 0.364. The molecule has 1 heterocycles. The number of carbonyl (C=O) groups is 2. The lowest BCUT2D eigenvalue weighted by atomic mass is 9.81. The lowest BCUT2D eigenvalue weighted by Gasteiger charge is -2.33. The van der Waals surface area contributed by atoms with Gasteiger partial charge in [-0.3, -0.25) is 4.79 Å². The molecule has 5 N–H and O–H groups in total. The van der Waals surface area contributed by atoms with E-state index >= 15 is 0 Å². The Balaban J connectivity index is 2.09. The molecule has 2 aromatic rings. The topological polar surface area (TPSA) is 144 Å². The number of primary amides is 1. The first-order valence-electron chi connectivity index (χ1n) is 10.1. The maximum Gasteiger partial charge on any atom is 0.335 e. The minimum atomic E-state index is -3.93. The van der Waals surface area contributed by atoms with Gasteiger partial charge in [-0.25, -0.2) is 18.4 Å². The van der Waals surface area contributed by atoms with Gasteiger partial charge < -0.3 is 15.7 Å². The molecule has 0 spiro atoms. The molecule has 1 aliphatic rings. The van der Waals surface area contributed by atoms with Gasteiger partial charge in [-0.05, 0) is 66.6 Å². The van der Waals surface area contributed by atoms with E-state index in [-0.39, 0.29) is 10.5 Å². The molecule has 166 valence electrons. The molecule has 1 aliphatic heterocycles. The largest absolute Gasteiger partial charge is 0.478 e. The highest BCUT2D eigenvalue weighted by molar-refractivity contribution is 7.89. The lowest BCUT2D eigenvalue weighted by molar-refractivity contribution is -0.119. The number of aromatic carboxylic acids is 1. The number of carbonyl (C=O) groups excluding carboxylic acids is 1. The summed E-state index contributed by atoms with van der Waals surface area (Å²) >= 11 is 0. The number of sulfonamides is 1. The second-order valence-corrected chi connectivity index (χ2v) is 9.47. The molecule has 0 aliphatic carbocycles. The molecule has 1 fully saturated rings. The minimum absolute atomic E-state index is 0.0282. The first kappa shape index (κ1) is 22.8. The van der Waals surface area contributed by atoms with Gasteiger partial charge in [0.2, 0.25) is 15.9 Å². The van der Waals surface area contributed by atoms with Crippen molar-refractivity contribution >= 4 is 27.6 Å². The number of nitrogens with two attached hydrogens (primary N) is 2. The average molecular weight is 446 g/mol. The van der Waals surface area contributed by atoms with Crippen molar-refractivity contribution in [3.05, 3.63) is 59.2 Å². The molecule has 8 nitrogen and oxygen atoms in total. The van der Waals surface area contributed by atoms with Crippen molar-refractivity contribution in [2.75, 3.05) is 18.0 Å². The SMILES string of the molecule is CC(c1cc(S(N)(=O)=O)ccc1N1CCCCC1)C(C(N)=O)c1ccc(C(=O)O)cc1. The first-order valence-corrected chi connectivity index (χ1v) is 11.7. The van der Waals surface area contributed by atoms with Gasteiger partial charge in [0.05, 0.1) is 16.4 Å². The molecule has 1 saturated heterocycles. The van der Waals surface area contributed by atoms with Crippen LogP contribution in [0.2, 0.25) is 0 Å². The monoisotopic (exact) mass is 445 g/mol. The van der Waals surface area contributed by atoms with Crippen molar-refractivity contribution in [1.82, 2.24) is 0 Å². The van der Waals surface area contributed by atoms with Crippen molar-refractivity contribution in [3.8, 4) is 0 Å². The molecule has 2 aromatic carbocycles. The molecule has 1 amide bonds. The zero-order valence-corrected chi connectivity index (χ0v) is 18.1. The summed E-state index contributed by atoms with van der Waals surface area (Å²) in [5.74, 6) is -2.89. The van der Waals surface area contributed by atoms with Gasteiger partial charge in [-0.15, -0.1) is 0 Å². The van der Waals surface area contributed by atoms with Crippen molar-refractivity contribution in [1.29, 1.82) is 0 Å². The number of anilines is 1. The second kappa shape index (κ2) is 9.07. The standard InChI is InChI=1S/C22H27N3O5S/c1-14(20(21(23)26)15-5-7-16(8-6-15)22(27)28)18-13-17(31(24,29)30)9-10-19(18)25-11-3-2-4-12-25/h5-10,13-14,20H,2-4,11-12H2,1H3,(H2,23,26)(H,27,28)(H2,24,29,30). The molecular weight excluding hydrogens is 418 g/mol. The molecule has 0 radical (unpaired) electrons. The summed E-state index contributed by atoms with van der Waals surface area (Å²) in [4.78, 5) is 25.8. The van der Waals surface area contributed by atoms with E-state index in [1.54, 1.807) is 18.2 Å². The summed E-state index contributed by atoms with van der Waals surface area (Å²) in [7, 11) is -3.93. The fourth-order valence-corrected chi connectivity index (χ4v) is 4.76. The van der Waals surface area contributed by atoms with E-state index in [2.05, 4.69) is 4.90 Å². The van der Waals surface area contributed by atoms with Gasteiger partial charge in [0.1, 0.15) is 0 Å². The van der Waals surface area contributed by atoms with Gasteiger partial charge in [-0.1, -0.05) is 19.1 Å². The smallest absolute Gasteiger partial charge is 0.335 e. The van der Waals surface area contributed by atoms with Gasteiger partial charge in [-0.2, -0.15) is 0 Å². The highest BCUT2D eigenvalue weighted by Crippen LogP contribution is 2.39. The molecule has 31 heavy (non-hydrogen) atoms. The summed E-state index contributed by atoms with van der Waals surface area (Å²) < 4.78 is 24.0. The number of amides is 1. The average Bonchev–Trinajstić information content (AvgIpc) is 2.73. The van der Waals surface area contributed by atoms with Crippen LogP contribution >= 0.6 is 0 Å². The number of primary sulfonamides is 1. The highest BCUT2D eigenvalue weighted by atomic mass is 32.2. The molecule has 2 atom stereocenters. The van der Waals surface area contributed by atoms with E-state index in [9.17, 15) is 18.0 Å². The van der Waals surface area contributed by atoms with E-state index < -0.39 is 33.7 Å². The first-order chi connectivity index (χ1) is 14.6. The van der Waals surface area contributed by atoms with Gasteiger partial charge in [0.25, 0.3) is 0 Å². The maximum absolute atomic E-state index is 12.5. The van der Waals surface area contributed by atoms with Crippen LogP contribution < -0.4 is 15.8 Å². The molecule has 9 heteroatoms. The third kappa shape index (κ3) is 5.05. The third-order valence-corrected chi connectivity index (χ3v) is 6.75. The van der Waals surface area contributed by atoms with Crippen LogP contribution in [0.4, 0.5) is 5.69 Å². The van der Waals surface area contributed by atoms with Crippen molar-refractivity contribution < 1.29 is 23.1 Å². The number of benzene rings is 2. The van der Waals surface area contributed by atoms with Gasteiger partial charge in [0, 0.05) is 18.8 Å². The predicted octanol–water partition coefficient (Wildman–Crippen LogP) is 2.40. The Labute approximate surface area is 181 Å². The van der Waals surface area contributed by atoms with Crippen LogP contribution in [0.1, 0.15) is 59.5 Å². The van der Waals surface area contributed by atoms with Gasteiger partial charge in [0.15, 0.2) is 0 Å². The van der Waals surface area contributed by atoms with Crippen molar-refractivity contribution in [2.24, 2.45) is 10.9 Å². The zero-order chi connectivity index (χ0) is 22.8. The zero-order valence-electron chi connectivity index (χ0n) is 17.3. The predicted molar refractivity (Wildman–Crippen MR) is 118 cm³/mol. The number of rotatable bonds is 7. The quantitative estimate of drug-likeness (QED) is 0.597. The highest BCUT2D eigenvalue weighted by Gasteiger charge is 2.30. The summed E-state index contributed by atoms with van der Waals surface area (Å²) in [6.45, 7) is 3.49. The molecule has 0 bridgehead atoms. The van der Waals surface area contributed by atoms with Crippen LogP contribution in [0.5, 0.6) is 0 Å². The summed E-state index contributed by atoms with van der Waals surface area (Å²) in [5, 5.41) is 14.5. The van der Waals surface area contributed by atoms with Crippen LogP contribution in [-0.4, -0.2) is 38.5 Å². The number of carboxylic acid groups (broad SMARTS) is 1. The molecule has 0 aromatic heterocycles. The number of hydrogen-bond donors (Lipinski definition) is 3. The summed E-state index contributed by atoms with van der Waals surface area (Å²) in [6.07, 6.45) is 3.19. The van der Waals surface area contributed by atoms with Crippen LogP contribution in [-0.2, 0) is 14.8 Å². The molecular formula is C22H27N3O5S. The summed E-state index contributed by atoms with van der Waals surface area (Å²) in [6, 6.07) is 10.7. The number of carboxylic acids is 1. The van der Waals surface area contributed by atoms with E-state index in [4.69, 9.17) is 16.0 Å². The van der Waals surface area contributed by atoms with E-state index in [1.165, 1.54) is 24.3 Å². The number of nitrogens with zero attached hydrogens (tertiary/aromatic N) is 1. The lowest BCUT2D eigenvalue weighted by Crippen LogP contribution is -2.32. The van der Waals surface area contributed by atoms with Crippen molar-refractivity contribution in [3.63, 3.8) is 0 Å².